The maximum atomic E-state index is 12.7. The number of anilines is 1. The Morgan fingerprint density at radius 2 is 1.88 bits per heavy atom. The van der Waals surface area contributed by atoms with Gasteiger partial charge in [-0.1, -0.05) is 6.92 Å². The lowest BCUT2D eigenvalue weighted by atomic mass is 10.1. The first kappa shape index (κ1) is 17.9. The molecule has 0 saturated carbocycles. The first-order valence-corrected chi connectivity index (χ1v) is 9.98. The average molecular weight is 364 g/mol. The number of sulfonamides is 1. The molecule has 3 rings (SSSR count). The zero-order chi connectivity index (χ0) is 18.2. The number of likely N-dealkylation sites (N-methyl/N-ethyl adjacent to an activating group) is 1. The highest BCUT2D eigenvalue weighted by molar-refractivity contribution is 7.90. The summed E-state index contributed by atoms with van der Waals surface area (Å²) >= 11 is 0. The summed E-state index contributed by atoms with van der Waals surface area (Å²) in [6, 6.07) is 4.92. The molecule has 0 atom stereocenters. The zero-order valence-electron chi connectivity index (χ0n) is 14.9. The molecule has 0 spiro atoms. The number of hydrogen-bond donors (Lipinski definition) is 0. The summed E-state index contributed by atoms with van der Waals surface area (Å²) in [4.78, 5) is 18.7. The third-order valence-electron chi connectivity index (χ3n) is 4.66. The van der Waals surface area contributed by atoms with Crippen LogP contribution in [0.1, 0.15) is 30.6 Å². The molecule has 0 aromatic heterocycles. The van der Waals surface area contributed by atoms with E-state index in [1.807, 2.05) is 18.9 Å². The Hall–Kier alpha value is -1.93. The second kappa shape index (κ2) is 6.76. The lowest BCUT2D eigenvalue weighted by Gasteiger charge is -2.33. The molecule has 1 amide bonds. The van der Waals surface area contributed by atoms with Crippen molar-refractivity contribution in [2.45, 2.75) is 25.2 Å². The summed E-state index contributed by atoms with van der Waals surface area (Å²) in [7, 11) is -1.75. The van der Waals surface area contributed by atoms with E-state index in [1.165, 1.54) is 6.07 Å². The molecule has 0 N–H and O–H groups in total. The number of nitrogens with zero attached hydrogens (tertiary/aromatic N) is 4. The Labute approximate surface area is 149 Å². The maximum absolute atomic E-state index is 12.7. The number of carbonyl (C=O) groups excluding carboxylic acids is 1. The summed E-state index contributed by atoms with van der Waals surface area (Å²) in [5.41, 5.74) is 1.00. The average Bonchev–Trinajstić information content (AvgIpc) is 2.58. The summed E-state index contributed by atoms with van der Waals surface area (Å²) in [5, 5.41) is 0. The quantitative estimate of drug-likeness (QED) is 0.811. The Morgan fingerprint density at radius 3 is 2.52 bits per heavy atom. The Kier molecular flexibility index (Phi) is 4.83. The van der Waals surface area contributed by atoms with Gasteiger partial charge in [-0.25, -0.2) is 0 Å². The molecule has 136 valence electrons. The smallest absolute Gasteiger partial charge is 0.286 e. The van der Waals surface area contributed by atoms with Crippen LogP contribution < -0.4 is 4.90 Å². The number of fused-ring (bicyclic) bond motifs is 1. The molecule has 7 nitrogen and oxygen atoms in total. The van der Waals surface area contributed by atoms with Crippen LogP contribution in [0.3, 0.4) is 0 Å². The van der Waals surface area contributed by atoms with Crippen LogP contribution in [0.25, 0.3) is 0 Å². The highest BCUT2D eigenvalue weighted by Crippen LogP contribution is 2.33. The summed E-state index contributed by atoms with van der Waals surface area (Å²) in [6.45, 7) is 7.35. The van der Waals surface area contributed by atoms with E-state index in [-0.39, 0.29) is 10.8 Å². The van der Waals surface area contributed by atoms with Crippen molar-refractivity contribution < 1.29 is 13.2 Å². The second-order valence-corrected chi connectivity index (χ2v) is 8.12. The lowest BCUT2D eigenvalue weighted by Crippen LogP contribution is -2.47. The van der Waals surface area contributed by atoms with Crippen LogP contribution >= 0.6 is 0 Å². The van der Waals surface area contributed by atoms with Crippen molar-refractivity contribution in [2.75, 3.05) is 44.7 Å². The van der Waals surface area contributed by atoms with Crippen molar-refractivity contribution in [3.63, 3.8) is 0 Å². The molecule has 1 aromatic rings. The minimum Gasteiger partial charge on any atom is -0.336 e. The van der Waals surface area contributed by atoms with Gasteiger partial charge in [0, 0.05) is 38.3 Å². The molecule has 0 bridgehead atoms. The van der Waals surface area contributed by atoms with E-state index in [4.69, 9.17) is 0 Å². The molecule has 0 aliphatic carbocycles. The van der Waals surface area contributed by atoms with Crippen LogP contribution in [0.2, 0.25) is 0 Å². The van der Waals surface area contributed by atoms with Gasteiger partial charge in [0.15, 0.2) is 0 Å². The minimum atomic E-state index is -3.77. The monoisotopic (exact) mass is 364 g/mol. The fraction of sp³-hybridized carbons (Fsp3) is 0.529. The van der Waals surface area contributed by atoms with E-state index >= 15 is 0 Å². The number of amidine groups is 1. The van der Waals surface area contributed by atoms with E-state index in [0.717, 1.165) is 19.5 Å². The molecule has 2 aliphatic rings. The summed E-state index contributed by atoms with van der Waals surface area (Å²) in [5.74, 6) is 0.340. The van der Waals surface area contributed by atoms with Gasteiger partial charge in [-0.3, -0.25) is 4.79 Å². The number of hydrogen-bond acceptors (Lipinski definition) is 5. The first-order chi connectivity index (χ1) is 11.8. The van der Waals surface area contributed by atoms with Gasteiger partial charge >= 0.3 is 0 Å². The number of amides is 1. The van der Waals surface area contributed by atoms with Crippen LogP contribution in [-0.4, -0.2) is 69.7 Å². The first-order valence-electron chi connectivity index (χ1n) is 8.54. The van der Waals surface area contributed by atoms with Crippen molar-refractivity contribution in [3.05, 3.63) is 23.8 Å². The van der Waals surface area contributed by atoms with E-state index in [9.17, 15) is 13.2 Å². The number of carbonyl (C=O) groups is 1. The van der Waals surface area contributed by atoms with Crippen molar-refractivity contribution >= 4 is 27.5 Å². The van der Waals surface area contributed by atoms with Crippen molar-refractivity contribution in [1.82, 2.24) is 9.80 Å². The highest BCUT2D eigenvalue weighted by Gasteiger charge is 2.30. The molecule has 1 fully saturated rings. The van der Waals surface area contributed by atoms with E-state index < -0.39 is 10.0 Å². The molecule has 1 aromatic carbocycles. The third kappa shape index (κ3) is 3.41. The van der Waals surface area contributed by atoms with Crippen LogP contribution in [0.4, 0.5) is 5.69 Å². The van der Waals surface area contributed by atoms with Gasteiger partial charge in [0.25, 0.3) is 15.9 Å². The predicted molar refractivity (Wildman–Crippen MR) is 97.8 cm³/mol. The molecule has 0 radical (unpaired) electrons. The van der Waals surface area contributed by atoms with Gasteiger partial charge in [0.2, 0.25) is 0 Å². The van der Waals surface area contributed by atoms with E-state index in [2.05, 4.69) is 9.30 Å². The highest BCUT2D eigenvalue weighted by atomic mass is 32.2. The SMILES string of the molecule is CCCN1C(C)=NS(=O)(=O)c2cc(C(=O)N3CCN(C)CC3)ccc21. The van der Waals surface area contributed by atoms with Crippen LogP contribution in [0, 0.1) is 0 Å². The topological polar surface area (TPSA) is 73.3 Å². The molecule has 8 heteroatoms. The lowest BCUT2D eigenvalue weighted by molar-refractivity contribution is 0.0664. The Morgan fingerprint density at radius 1 is 1.20 bits per heavy atom. The fourth-order valence-electron chi connectivity index (χ4n) is 3.22. The second-order valence-electron chi connectivity index (χ2n) is 6.54. The summed E-state index contributed by atoms with van der Waals surface area (Å²) in [6.07, 6.45) is 0.869. The van der Waals surface area contributed by atoms with Crippen LogP contribution in [0.15, 0.2) is 27.5 Å². The number of rotatable bonds is 3. The molecule has 25 heavy (non-hydrogen) atoms. The predicted octanol–water partition coefficient (Wildman–Crippen LogP) is 1.41. The van der Waals surface area contributed by atoms with E-state index in [0.29, 0.717) is 36.7 Å². The molecular formula is C17H24N4O3S. The third-order valence-corrected chi connectivity index (χ3v) is 6.04. The Balaban J connectivity index is 1.95. The molecule has 1 saturated heterocycles. The van der Waals surface area contributed by atoms with Gasteiger partial charge in [-0.2, -0.15) is 8.42 Å². The van der Waals surface area contributed by atoms with Crippen molar-refractivity contribution in [2.24, 2.45) is 4.40 Å². The van der Waals surface area contributed by atoms with Gasteiger partial charge < -0.3 is 14.7 Å². The van der Waals surface area contributed by atoms with E-state index in [1.54, 1.807) is 24.0 Å². The largest absolute Gasteiger partial charge is 0.336 e. The molecule has 2 heterocycles. The summed E-state index contributed by atoms with van der Waals surface area (Å²) < 4.78 is 28.8. The molecule has 2 aliphatic heterocycles. The normalized spacial score (nSPS) is 20.2. The van der Waals surface area contributed by atoms with Crippen molar-refractivity contribution in [3.8, 4) is 0 Å². The minimum absolute atomic E-state index is 0.117. The van der Waals surface area contributed by atoms with Gasteiger partial charge in [-0.15, -0.1) is 4.40 Å². The molecule has 0 unspecified atom stereocenters. The standard InChI is InChI=1S/C17H24N4O3S/c1-4-7-21-13(2)18-25(23,24)16-12-14(5-6-15(16)21)17(22)20-10-8-19(3)9-11-20/h5-6,12H,4,7-11H2,1-3H3. The van der Waals surface area contributed by atoms with Crippen molar-refractivity contribution in [1.29, 1.82) is 0 Å². The number of piperazine rings is 1. The van der Waals surface area contributed by atoms with Gasteiger partial charge in [-0.05, 0) is 38.6 Å². The van der Waals surface area contributed by atoms with Gasteiger partial charge in [0.05, 0.1) is 5.69 Å². The van der Waals surface area contributed by atoms with Gasteiger partial charge in [0.1, 0.15) is 10.7 Å². The Bertz CT molecular complexity index is 811. The molecular weight excluding hydrogens is 340 g/mol. The number of benzene rings is 1. The maximum Gasteiger partial charge on any atom is 0.286 e. The van der Waals surface area contributed by atoms with Crippen LogP contribution in [0.5, 0.6) is 0 Å². The fourth-order valence-corrected chi connectivity index (χ4v) is 4.48. The van der Waals surface area contributed by atoms with Crippen LogP contribution in [-0.2, 0) is 10.0 Å². The zero-order valence-corrected chi connectivity index (χ0v) is 15.7.